The van der Waals surface area contributed by atoms with Crippen LogP contribution in [0.5, 0.6) is 0 Å². The van der Waals surface area contributed by atoms with Gasteiger partial charge in [-0.3, -0.25) is 4.79 Å². The quantitative estimate of drug-likeness (QED) is 0.648. The summed E-state index contributed by atoms with van der Waals surface area (Å²) in [7, 11) is -3.54. The third kappa shape index (κ3) is 3.60. The van der Waals surface area contributed by atoms with Gasteiger partial charge in [-0.1, -0.05) is 35.8 Å². The molecule has 1 fully saturated rings. The molecule has 0 radical (unpaired) electrons. The highest BCUT2D eigenvalue weighted by Gasteiger charge is 2.49. The molecule has 7 nitrogen and oxygen atoms in total. The number of hydrogen-bond donors (Lipinski definition) is 1. The maximum atomic E-state index is 12.9. The van der Waals surface area contributed by atoms with E-state index < -0.39 is 27.0 Å². The minimum atomic E-state index is -3.54. The van der Waals surface area contributed by atoms with E-state index in [1.54, 1.807) is 13.0 Å². The summed E-state index contributed by atoms with van der Waals surface area (Å²) in [4.78, 5) is 17.2. The summed E-state index contributed by atoms with van der Waals surface area (Å²) in [5.74, 6) is -0.0593. The average molecular weight is 433 g/mol. The van der Waals surface area contributed by atoms with Crippen molar-refractivity contribution in [1.29, 1.82) is 0 Å². The van der Waals surface area contributed by atoms with Crippen LogP contribution in [0, 0.1) is 6.92 Å². The molecule has 29 heavy (non-hydrogen) atoms. The largest absolute Gasteiger partial charge is 0.481 e. The van der Waals surface area contributed by atoms with E-state index in [-0.39, 0.29) is 5.75 Å². The molecule has 2 aromatic heterocycles. The van der Waals surface area contributed by atoms with Crippen molar-refractivity contribution in [2.75, 3.05) is 5.75 Å². The van der Waals surface area contributed by atoms with Crippen molar-refractivity contribution >= 4 is 27.1 Å². The molecule has 1 atom stereocenters. The van der Waals surface area contributed by atoms with Crippen LogP contribution in [-0.4, -0.2) is 35.4 Å². The molecule has 3 heterocycles. The summed E-state index contributed by atoms with van der Waals surface area (Å²) in [6, 6.07) is 11.2. The second kappa shape index (κ2) is 7.38. The number of benzene rings is 1. The second-order valence-electron chi connectivity index (χ2n) is 7.22. The Morgan fingerprint density at radius 3 is 2.52 bits per heavy atom. The smallest absolute Gasteiger partial charge is 0.305 e. The van der Waals surface area contributed by atoms with Gasteiger partial charge in [-0.2, -0.15) is 4.98 Å². The van der Waals surface area contributed by atoms with E-state index in [0.717, 1.165) is 16.0 Å². The number of carbonyl (C=O) groups is 1. The van der Waals surface area contributed by atoms with E-state index >= 15 is 0 Å². The number of carboxylic acids is 1. The molecule has 1 saturated heterocycles. The highest BCUT2D eigenvalue weighted by Crippen LogP contribution is 2.47. The summed E-state index contributed by atoms with van der Waals surface area (Å²) >= 11 is 1.35. The number of aromatic nitrogens is 2. The SMILES string of the molecule is Cc1nc(-c2ccc(-c3ccc([C@@]4(CC(=O)O)CCCCS4(=O)=O)s3)cc2)no1. The Labute approximate surface area is 172 Å². The van der Waals surface area contributed by atoms with Crippen LogP contribution in [0.15, 0.2) is 40.9 Å². The van der Waals surface area contributed by atoms with Crippen molar-refractivity contribution in [1.82, 2.24) is 10.1 Å². The van der Waals surface area contributed by atoms with Crippen LogP contribution >= 0.6 is 11.3 Å². The molecular weight excluding hydrogens is 412 g/mol. The fourth-order valence-corrected chi connectivity index (χ4v) is 7.58. The van der Waals surface area contributed by atoms with E-state index in [0.29, 0.717) is 35.9 Å². The lowest BCUT2D eigenvalue weighted by Gasteiger charge is -2.34. The van der Waals surface area contributed by atoms with Crippen molar-refractivity contribution < 1.29 is 22.8 Å². The number of carboxylic acid groups (broad SMARTS) is 1. The van der Waals surface area contributed by atoms with Gasteiger partial charge in [0.25, 0.3) is 0 Å². The standard InChI is InChI=1S/C20H20N2O5S2/c1-13-21-19(22-27-13)15-6-4-14(5-7-15)16-8-9-17(28-16)20(12-18(23)24)10-2-3-11-29(20,25)26/h4-9H,2-3,10-12H2,1H3,(H,23,24)/t20-/m0/s1. The Kier molecular flexibility index (Phi) is 5.04. The summed E-state index contributed by atoms with van der Waals surface area (Å²) in [6.45, 7) is 1.73. The minimum Gasteiger partial charge on any atom is -0.481 e. The molecule has 0 bridgehead atoms. The number of aryl methyl sites for hydroxylation is 1. The van der Waals surface area contributed by atoms with Crippen LogP contribution in [0.25, 0.3) is 21.8 Å². The Hall–Kier alpha value is -2.52. The summed E-state index contributed by atoms with van der Waals surface area (Å²) < 4.78 is 29.5. The van der Waals surface area contributed by atoms with E-state index in [2.05, 4.69) is 10.1 Å². The maximum Gasteiger partial charge on any atom is 0.305 e. The van der Waals surface area contributed by atoms with Gasteiger partial charge in [0.05, 0.1) is 12.2 Å². The predicted molar refractivity (Wildman–Crippen MR) is 109 cm³/mol. The summed E-state index contributed by atoms with van der Waals surface area (Å²) in [6.07, 6.45) is 1.24. The molecule has 152 valence electrons. The number of thiophene rings is 1. The van der Waals surface area contributed by atoms with Gasteiger partial charge in [-0.05, 0) is 30.5 Å². The zero-order valence-electron chi connectivity index (χ0n) is 15.8. The molecule has 0 unspecified atom stereocenters. The first-order valence-electron chi connectivity index (χ1n) is 9.26. The Bertz CT molecular complexity index is 1150. The highest BCUT2D eigenvalue weighted by molar-refractivity contribution is 7.92. The molecule has 0 saturated carbocycles. The molecule has 4 rings (SSSR count). The fraction of sp³-hybridized carbons (Fsp3) is 0.350. The number of nitrogens with zero attached hydrogens (tertiary/aromatic N) is 2. The third-order valence-corrected chi connectivity index (χ3v) is 9.34. The number of sulfone groups is 1. The van der Waals surface area contributed by atoms with Gasteiger partial charge >= 0.3 is 5.97 Å². The van der Waals surface area contributed by atoms with Crippen LogP contribution in [-0.2, 0) is 19.4 Å². The van der Waals surface area contributed by atoms with E-state index in [9.17, 15) is 18.3 Å². The van der Waals surface area contributed by atoms with Gasteiger partial charge in [-0.25, -0.2) is 8.42 Å². The van der Waals surface area contributed by atoms with E-state index in [1.807, 2.05) is 30.3 Å². The van der Waals surface area contributed by atoms with Gasteiger partial charge in [0.1, 0.15) is 4.75 Å². The molecule has 1 aromatic carbocycles. The van der Waals surface area contributed by atoms with Gasteiger partial charge in [0.2, 0.25) is 11.7 Å². The monoisotopic (exact) mass is 432 g/mol. The first-order chi connectivity index (χ1) is 13.8. The van der Waals surface area contributed by atoms with Gasteiger partial charge in [0.15, 0.2) is 9.84 Å². The lowest BCUT2D eigenvalue weighted by molar-refractivity contribution is -0.137. The Balaban J connectivity index is 1.68. The molecule has 1 aliphatic heterocycles. The average Bonchev–Trinajstić information content (AvgIpc) is 3.33. The fourth-order valence-electron chi connectivity index (χ4n) is 3.80. The first-order valence-corrected chi connectivity index (χ1v) is 11.7. The number of aliphatic carboxylic acids is 1. The summed E-state index contributed by atoms with van der Waals surface area (Å²) in [5.41, 5.74) is 1.74. The third-order valence-electron chi connectivity index (χ3n) is 5.29. The molecule has 3 aromatic rings. The van der Waals surface area contributed by atoms with Crippen LogP contribution < -0.4 is 0 Å². The van der Waals surface area contributed by atoms with Gasteiger partial charge in [-0.15, -0.1) is 11.3 Å². The molecule has 1 N–H and O–H groups in total. The molecule has 1 aliphatic rings. The molecular formula is C20H20N2O5S2. The lowest BCUT2D eigenvalue weighted by atomic mass is 9.95. The van der Waals surface area contributed by atoms with Gasteiger partial charge < -0.3 is 9.63 Å². The van der Waals surface area contributed by atoms with E-state index in [4.69, 9.17) is 4.52 Å². The minimum absolute atomic E-state index is 0.0341. The zero-order chi connectivity index (χ0) is 20.6. The Morgan fingerprint density at radius 1 is 1.17 bits per heavy atom. The highest BCUT2D eigenvalue weighted by atomic mass is 32.2. The first kappa shape index (κ1) is 19.8. The van der Waals surface area contributed by atoms with Crippen LogP contribution in [0.4, 0.5) is 0 Å². The van der Waals surface area contributed by atoms with Crippen molar-refractivity contribution in [2.24, 2.45) is 0 Å². The lowest BCUT2D eigenvalue weighted by Crippen LogP contribution is -2.41. The second-order valence-corrected chi connectivity index (χ2v) is 10.7. The molecule has 9 heteroatoms. The predicted octanol–water partition coefficient (Wildman–Crippen LogP) is 4.04. The topological polar surface area (TPSA) is 110 Å². The van der Waals surface area contributed by atoms with Crippen molar-refractivity contribution in [3.8, 4) is 21.8 Å². The van der Waals surface area contributed by atoms with Crippen molar-refractivity contribution in [2.45, 2.75) is 37.4 Å². The maximum absolute atomic E-state index is 12.9. The Morgan fingerprint density at radius 2 is 1.90 bits per heavy atom. The van der Waals surface area contributed by atoms with E-state index in [1.165, 1.54) is 11.3 Å². The van der Waals surface area contributed by atoms with Gasteiger partial charge in [0, 0.05) is 22.2 Å². The molecule has 0 amide bonds. The molecule has 0 spiro atoms. The van der Waals surface area contributed by atoms with Crippen molar-refractivity contribution in [3.63, 3.8) is 0 Å². The van der Waals surface area contributed by atoms with Crippen LogP contribution in [0.2, 0.25) is 0 Å². The zero-order valence-corrected chi connectivity index (χ0v) is 17.4. The van der Waals surface area contributed by atoms with Crippen LogP contribution in [0.3, 0.4) is 0 Å². The number of rotatable bonds is 5. The normalized spacial score (nSPS) is 21.1. The van der Waals surface area contributed by atoms with Crippen molar-refractivity contribution in [3.05, 3.63) is 47.2 Å². The number of hydrogen-bond acceptors (Lipinski definition) is 7. The van der Waals surface area contributed by atoms with Crippen LogP contribution in [0.1, 0.15) is 36.5 Å². The molecule has 0 aliphatic carbocycles. The summed E-state index contributed by atoms with van der Waals surface area (Å²) in [5, 5.41) is 13.3.